The number of methoxy groups -OCH3 is 1. The summed E-state index contributed by atoms with van der Waals surface area (Å²) in [4.78, 5) is 26.0. The third-order valence-electron chi connectivity index (χ3n) is 6.75. The van der Waals surface area contributed by atoms with Crippen molar-refractivity contribution in [1.82, 2.24) is 9.80 Å². The molecule has 0 bridgehead atoms. The lowest BCUT2D eigenvalue weighted by Gasteiger charge is -2.38. The van der Waals surface area contributed by atoms with Crippen LogP contribution in [0, 0.1) is 5.41 Å². The van der Waals surface area contributed by atoms with Crippen LogP contribution in [0.4, 0.5) is 13.2 Å². The Morgan fingerprint density at radius 2 is 1.81 bits per heavy atom. The number of ether oxygens (including phenoxy) is 2. The Balaban J connectivity index is 0.000000572. The summed E-state index contributed by atoms with van der Waals surface area (Å²) in [7, 11) is 1.75. The van der Waals surface area contributed by atoms with Crippen molar-refractivity contribution in [3.05, 3.63) is 29.8 Å². The third-order valence-corrected chi connectivity index (χ3v) is 6.75. The van der Waals surface area contributed by atoms with E-state index in [-0.39, 0.29) is 23.2 Å². The second-order valence-corrected chi connectivity index (χ2v) is 9.75. The van der Waals surface area contributed by atoms with Crippen LogP contribution in [0.15, 0.2) is 24.3 Å². The van der Waals surface area contributed by atoms with Gasteiger partial charge < -0.3 is 24.6 Å². The average Bonchev–Trinajstić information content (AvgIpc) is 3.20. The maximum Gasteiger partial charge on any atom is 0.490 e. The Labute approximate surface area is 210 Å². The van der Waals surface area contributed by atoms with Crippen LogP contribution in [0.25, 0.3) is 0 Å². The molecule has 2 heterocycles. The van der Waals surface area contributed by atoms with Crippen molar-refractivity contribution < 1.29 is 42.4 Å². The number of hydrogen-bond donors (Lipinski definition) is 2. The lowest BCUT2D eigenvalue weighted by Crippen LogP contribution is -2.44. The maximum atomic E-state index is 12.7. The number of nitrogens with zero attached hydrogens (tertiary/aromatic N) is 2. The van der Waals surface area contributed by atoms with Crippen LogP contribution >= 0.6 is 0 Å². The van der Waals surface area contributed by atoms with E-state index in [0.717, 1.165) is 64.2 Å². The largest absolute Gasteiger partial charge is 0.508 e. The van der Waals surface area contributed by atoms with Gasteiger partial charge in [0, 0.05) is 39.3 Å². The number of aromatic hydroxyl groups is 1. The van der Waals surface area contributed by atoms with Crippen LogP contribution in [0.3, 0.4) is 0 Å². The predicted molar refractivity (Wildman–Crippen MR) is 127 cm³/mol. The minimum atomic E-state index is -5.08. The fraction of sp³-hybridized carbons (Fsp3) is 0.680. The predicted octanol–water partition coefficient (Wildman–Crippen LogP) is 3.32. The first-order valence-electron chi connectivity index (χ1n) is 12.1. The van der Waals surface area contributed by atoms with Gasteiger partial charge >= 0.3 is 12.1 Å². The number of halogens is 3. The van der Waals surface area contributed by atoms with Crippen molar-refractivity contribution in [2.75, 3.05) is 46.5 Å². The number of benzene rings is 1. The SMILES string of the molecule is COCCN(CC1CC2(CCN(C(=O)Cc3ccc(O)cc3)CC2)CO1)C(C)C.O=C(O)C(F)(F)F. The molecule has 1 atom stereocenters. The molecule has 2 N–H and O–H groups in total. The highest BCUT2D eigenvalue weighted by Gasteiger charge is 2.43. The number of phenolic OH excluding ortho intramolecular Hbond substituents is 1. The van der Waals surface area contributed by atoms with Gasteiger partial charge in [0.15, 0.2) is 0 Å². The molecule has 0 saturated carbocycles. The number of carbonyl (C=O) groups is 2. The van der Waals surface area contributed by atoms with Crippen LogP contribution < -0.4 is 0 Å². The van der Waals surface area contributed by atoms with E-state index in [4.69, 9.17) is 19.4 Å². The number of carboxylic acid groups (broad SMARTS) is 1. The Kier molecular flexibility index (Phi) is 11.0. The molecule has 2 aliphatic heterocycles. The van der Waals surface area contributed by atoms with Gasteiger partial charge in [0.25, 0.3) is 0 Å². The Bertz CT molecular complexity index is 839. The number of rotatable bonds is 8. The molecule has 204 valence electrons. The normalized spacial score (nSPS) is 19.4. The maximum absolute atomic E-state index is 12.7. The number of phenols is 1. The number of amides is 1. The summed E-state index contributed by atoms with van der Waals surface area (Å²) in [5.74, 6) is -2.35. The topological polar surface area (TPSA) is 99.5 Å². The van der Waals surface area contributed by atoms with E-state index in [1.165, 1.54) is 0 Å². The van der Waals surface area contributed by atoms with Gasteiger partial charge in [0.2, 0.25) is 5.91 Å². The van der Waals surface area contributed by atoms with Gasteiger partial charge in [-0.25, -0.2) is 4.79 Å². The second kappa shape index (κ2) is 13.3. The van der Waals surface area contributed by atoms with Gasteiger partial charge in [-0.3, -0.25) is 9.69 Å². The lowest BCUT2D eigenvalue weighted by atomic mass is 9.76. The van der Waals surface area contributed by atoms with E-state index in [0.29, 0.717) is 12.5 Å². The van der Waals surface area contributed by atoms with Gasteiger partial charge in [-0.15, -0.1) is 0 Å². The molecule has 1 aromatic rings. The molecular weight excluding hydrogens is 481 g/mol. The van der Waals surface area contributed by atoms with E-state index in [2.05, 4.69) is 18.7 Å². The molecule has 1 unspecified atom stereocenters. The number of alkyl halides is 3. The molecule has 2 saturated heterocycles. The van der Waals surface area contributed by atoms with Gasteiger partial charge in [-0.1, -0.05) is 12.1 Å². The number of carbonyl (C=O) groups excluding carboxylic acids is 1. The minimum Gasteiger partial charge on any atom is -0.508 e. The molecule has 1 spiro atoms. The van der Waals surface area contributed by atoms with Crippen LogP contribution in [0.5, 0.6) is 5.75 Å². The summed E-state index contributed by atoms with van der Waals surface area (Å²) in [6.45, 7) is 9.50. The molecule has 2 aliphatic rings. The highest BCUT2D eigenvalue weighted by Crippen LogP contribution is 2.42. The van der Waals surface area contributed by atoms with Crippen molar-refractivity contribution in [2.45, 2.75) is 57.9 Å². The van der Waals surface area contributed by atoms with Gasteiger partial charge in [0.05, 0.1) is 25.7 Å². The molecule has 0 aromatic heterocycles. The molecule has 1 amide bonds. The van der Waals surface area contributed by atoms with E-state index in [1.54, 1.807) is 19.2 Å². The number of carboxylic acids is 1. The van der Waals surface area contributed by atoms with Crippen LogP contribution in [0.2, 0.25) is 0 Å². The van der Waals surface area contributed by atoms with Crippen LogP contribution in [0.1, 0.15) is 38.7 Å². The molecule has 8 nitrogen and oxygen atoms in total. The van der Waals surface area contributed by atoms with E-state index in [1.807, 2.05) is 17.0 Å². The van der Waals surface area contributed by atoms with E-state index in [9.17, 15) is 23.1 Å². The Morgan fingerprint density at radius 1 is 1.22 bits per heavy atom. The highest BCUT2D eigenvalue weighted by molar-refractivity contribution is 5.79. The quantitative estimate of drug-likeness (QED) is 0.545. The standard InChI is InChI=1S/C23H36N2O4.C2HF3O2/c1-18(2)25(12-13-28-3)16-21-15-23(17-29-21)8-10-24(11-9-23)22(27)14-19-4-6-20(26)7-5-19;3-2(4,5)1(6)7/h4-7,18,21,26H,8-17H2,1-3H3;(H,6,7). The molecule has 0 aliphatic carbocycles. The summed E-state index contributed by atoms with van der Waals surface area (Å²) in [5.41, 5.74) is 1.17. The first-order chi connectivity index (χ1) is 16.8. The molecule has 11 heteroatoms. The number of hydrogen-bond acceptors (Lipinski definition) is 6. The number of piperidine rings is 1. The van der Waals surface area contributed by atoms with E-state index < -0.39 is 12.1 Å². The lowest BCUT2D eigenvalue weighted by molar-refractivity contribution is -0.192. The van der Waals surface area contributed by atoms with Crippen molar-refractivity contribution in [3.63, 3.8) is 0 Å². The number of aliphatic carboxylic acids is 1. The first-order valence-corrected chi connectivity index (χ1v) is 12.1. The summed E-state index contributed by atoms with van der Waals surface area (Å²) in [6, 6.07) is 7.38. The van der Waals surface area contributed by atoms with E-state index >= 15 is 0 Å². The monoisotopic (exact) mass is 518 g/mol. The molecular formula is C25H37F3N2O6. The third kappa shape index (κ3) is 9.25. The summed E-state index contributed by atoms with van der Waals surface area (Å²) in [6.07, 6.45) is -1.29. The zero-order chi connectivity index (χ0) is 26.9. The first kappa shape index (κ1) is 29.9. The smallest absolute Gasteiger partial charge is 0.490 e. The van der Waals surface area contributed by atoms with Crippen LogP contribution in [-0.2, 0) is 25.5 Å². The zero-order valence-electron chi connectivity index (χ0n) is 21.1. The average molecular weight is 519 g/mol. The fourth-order valence-corrected chi connectivity index (χ4v) is 4.52. The number of likely N-dealkylation sites (tertiary alicyclic amines) is 1. The summed E-state index contributed by atoms with van der Waals surface area (Å²) >= 11 is 0. The molecule has 3 rings (SSSR count). The fourth-order valence-electron chi connectivity index (χ4n) is 4.52. The van der Waals surface area contributed by atoms with Crippen molar-refractivity contribution in [2.24, 2.45) is 5.41 Å². The summed E-state index contributed by atoms with van der Waals surface area (Å²) < 4.78 is 43.2. The van der Waals surface area contributed by atoms with Gasteiger partial charge in [-0.2, -0.15) is 13.2 Å². The Hall–Kier alpha value is -2.37. The van der Waals surface area contributed by atoms with Crippen LogP contribution in [-0.4, -0.2) is 96.7 Å². The summed E-state index contributed by atoms with van der Waals surface area (Å²) in [5, 5.41) is 16.5. The minimum absolute atomic E-state index is 0.173. The highest BCUT2D eigenvalue weighted by atomic mass is 19.4. The van der Waals surface area contributed by atoms with Crippen molar-refractivity contribution >= 4 is 11.9 Å². The van der Waals surface area contributed by atoms with Gasteiger partial charge in [-0.05, 0) is 56.2 Å². The Morgan fingerprint density at radius 3 is 2.31 bits per heavy atom. The molecule has 36 heavy (non-hydrogen) atoms. The van der Waals surface area contributed by atoms with Crippen molar-refractivity contribution in [3.8, 4) is 5.75 Å². The zero-order valence-corrected chi connectivity index (χ0v) is 21.1. The van der Waals surface area contributed by atoms with Gasteiger partial charge in [0.1, 0.15) is 5.75 Å². The molecule has 2 fully saturated rings. The van der Waals surface area contributed by atoms with Crippen molar-refractivity contribution in [1.29, 1.82) is 0 Å². The second-order valence-electron chi connectivity index (χ2n) is 9.75. The molecule has 0 radical (unpaired) electrons. The molecule has 1 aromatic carbocycles.